The first-order valence-electron chi connectivity index (χ1n) is 11.9. The van der Waals surface area contributed by atoms with Crippen LogP contribution in [0.2, 0.25) is 0 Å². The van der Waals surface area contributed by atoms with Crippen LogP contribution in [0.3, 0.4) is 0 Å². The summed E-state index contributed by atoms with van der Waals surface area (Å²) in [5.74, 6) is -2.02. The Bertz CT molecular complexity index is 1420. The van der Waals surface area contributed by atoms with Crippen molar-refractivity contribution in [3.63, 3.8) is 0 Å². The van der Waals surface area contributed by atoms with Crippen molar-refractivity contribution in [2.45, 2.75) is 39.0 Å². The zero-order valence-electron chi connectivity index (χ0n) is 19.7. The first kappa shape index (κ1) is 23.7. The number of anilines is 1. The van der Waals surface area contributed by atoms with E-state index in [0.717, 1.165) is 18.2 Å². The average molecular weight is 491 g/mol. The van der Waals surface area contributed by atoms with Gasteiger partial charge in [0, 0.05) is 47.1 Å². The van der Waals surface area contributed by atoms with E-state index in [4.69, 9.17) is 4.74 Å². The lowest BCUT2D eigenvalue weighted by Gasteiger charge is -2.11. The van der Waals surface area contributed by atoms with Crippen LogP contribution in [0.15, 0.2) is 36.4 Å². The number of amides is 1. The molecule has 1 amide bonds. The molecule has 1 aliphatic heterocycles. The van der Waals surface area contributed by atoms with Gasteiger partial charge >= 0.3 is 5.97 Å². The second-order valence-corrected chi connectivity index (χ2v) is 8.88. The van der Waals surface area contributed by atoms with Crippen molar-refractivity contribution in [2.75, 3.05) is 11.9 Å². The number of halogens is 2. The molecule has 0 atom stereocenters. The fourth-order valence-electron chi connectivity index (χ4n) is 4.92. The number of carbonyl (C=O) groups is 3. The molecule has 0 spiro atoms. The zero-order valence-corrected chi connectivity index (χ0v) is 19.7. The number of hydrogen-bond acceptors (Lipinski definition) is 4. The normalized spacial score (nSPS) is 15.6. The highest BCUT2D eigenvalue weighted by Crippen LogP contribution is 2.38. The SMILES string of the molecule is CCOC(=O)CCc1c(C=C2C(=O)Nc3cc(-c4cc(F)cc(F)c4)ccc32)[nH]c2c1C(=O)CCC2. The van der Waals surface area contributed by atoms with Gasteiger partial charge in [-0.25, -0.2) is 8.78 Å². The number of carbonyl (C=O) groups excluding carboxylic acids is 3. The van der Waals surface area contributed by atoms with Crippen LogP contribution in [0.5, 0.6) is 0 Å². The molecule has 3 aromatic rings. The summed E-state index contributed by atoms with van der Waals surface area (Å²) >= 11 is 0. The second kappa shape index (κ2) is 9.53. The van der Waals surface area contributed by atoms with Gasteiger partial charge in [0.05, 0.1) is 12.2 Å². The number of fused-ring (bicyclic) bond motifs is 2. The van der Waals surface area contributed by atoms with E-state index < -0.39 is 11.6 Å². The van der Waals surface area contributed by atoms with Crippen molar-refractivity contribution < 1.29 is 27.9 Å². The Morgan fingerprint density at radius 3 is 2.58 bits per heavy atom. The van der Waals surface area contributed by atoms with Gasteiger partial charge in [-0.05, 0) is 67.2 Å². The number of aromatic amines is 1. The maximum Gasteiger partial charge on any atom is 0.306 e. The average Bonchev–Trinajstić information content (AvgIpc) is 3.34. The molecule has 6 nitrogen and oxygen atoms in total. The Labute approximate surface area is 206 Å². The molecule has 0 saturated carbocycles. The highest BCUT2D eigenvalue weighted by molar-refractivity contribution is 6.35. The number of hydrogen-bond donors (Lipinski definition) is 2. The molecular weight excluding hydrogens is 466 g/mol. The van der Waals surface area contributed by atoms with Gasteiger partial charge < -0.3 is 15.0 Å². The summed E-state index contributed by atoms with van der Waals surface area (Å²) in [4.78, 5) is 40.9. The van der Waals surface area contributed by atoms with E-state index in [1.807, 2.05) is 0 Å². The van der Waals surface area contributed by atoms with Crippen molar-refractivity contribution in [3.8, 4) is 11.1 Å². The molecule has 8 heteroatoms. The van der Waals surface area contributed by atoms with Gasteiger partial charge in [0.15, 0.2) is 5.78 Å². The maximum absolute atomic E-state index is 13.7. The van der Waals surface area contributed by atoms with E-state index in [1.165, 1.54) is 12.1 Å². The van der Waals surface area contributed by atoms with Crippen molar-refractivity contribution in [1.82, 2.24) is 4.98 Å². The van der Waals surface area contributed by atoms with E-state index in [9.17, 15) is 23.2 Å². The number of Topliss-reactive ketones (excluding diaryl/α,β-unsaturated/α-hetero) is 1. The van der Waals surface area contributed by atoms with Crippen LogP contribution in [-0.4, -0.2) is 29.3 Å². The number of ketones is 1. The Balaban J connectivity index is 1.53. The van der Waals surface area contributed by atoms with Crippen LogP contribution in [-0.2, 0) is 27.2 Å². The van der Waals surface area contributed by atoms with E-state index in [1.54, 1.807) is 31.2 Å². The van der Waals surface area contributed by atoms with Gasteiger partial charge in [0.1, 0.15) is 11.6 Å². The fourth-order valence-corrected chi connectivity index (χ4v) is 4.92. The topological polar surface area (TPSA) is 88.3 Å². The van der Waals surface area contributed by atoms with Crippen molar-refractivity contribution in [2.24, 2.45) is 0 Å². The van der Waals surface area contributed by atoms with Gasteiger partial charge in [-0.1, -0.05) is 12.1 Å². The molecule has 0 fully saturated rings. The van der Waals surface area contributed by atoms with Gasteiger partial charge in [-0.15, -0.1) is 0 Å². The molecule has 1 aromatic heterocycles. The largest absolute Gasteiger partial charge is 0.466 e. The lowest BCUT2D eigenvalue weighted by molar-refractivity contribution is -0.143. The Morgan fingerprint density at radius 2 is 1.83 bits per heavy atom. The molecule has 0 bridgehead atoms. The molecule has 2 aliphatic rings. The number of nitrogens with one attached hydrogen (secondary N) is 2. The summed E-state index contributed by atoms with van der Waals surface area (Å²) in [7, 11) is 0. The smallest absolute Gasteiger partial charge is 0.306 e. The first-order chi connectivity index (χ1) is 17.3. The third kappa shape index (κ3) is 4.46. The lowest BCUT2D eigenvalue weighted by Crippen LogP contribution is -2.12. The molecule has 0 radical (unpaired) electrons. The quantitative estimate of drug-likeness (QED) is 0.354. The van der Waals surface area contributed by atoms with E-state index >= 15 is 0 Å². The van der Waals surface area contributed by atoms with Gasteiger partial charge in [-0.3, -0.25) is 14.4 Å². The minimum atomic E-state index is -0.685. The molecule has 2 aromatic carbocycles. The predicted octanol–water partition coefficient (Wildman–Crippen LogP) is 5.47. The number of aryl methyl sites for hydroxylation is 1. The molecule has 36 heavy (non-hydrogen) atoms. The highest BCUT2D eigenvalue weighted by atomic mass is 19.1. The van der Waals surface area contributed by atoms with E-state index in [-0.39, 0.29) is 30.7 Å². The maximum atomic E-state index is 13.7. The third-order valence-electron chi connectivity index (χ3n) is 6.50. The highest BCUT2D eigenvalue weighted by Gasteiger charge is 2.29. The molecule has 2 heterocycles. The monoisotopic (exact) mass is 490 g/mol. The van der Waals surface area contributed by atoms with Crippen molar-refractivity contribution >= 4 is 35.0 Å². The standard InChI is InChI=1S/C28H24F2N2O4/c1-2-36-26(34)9-8-20-24(31-22-4-3-5-25(33)27(20)22)14-21-19-7-6-15(12-23(19)32-28(21)35)16-10-17(29)13-18(30)11-16/h6-7,10-14,31H,2-5,8-9H2,1H3,(H,32,35). The third-order valence-corrected chi connectivity index (χ3v) is 6.50. The Morgan fingerprint density at radius 1 is 1.06 bits per heavy atom. The van der Waals surface area contributed by atoms with Crippen molar-refractivity contribution in [3.05, 3.63) is 76.1 Å². The van der Waals surface area contributed by atoms with Gasteiger partial charge in [0.2, 0.25) is 0 Å². The lowest BCUT2D eigenvalue weighted by atomic mass is 9.91. The van der Waals surface area contributed by atoms with Gasteiger partial charge in [0.25, 0.3) is 5.91 Å². The van der Waals surface area contributed by atoms with Crippen LogP contribution in [0.25, 0.3) is 22.8 Å². The Hall–Kier alpha value is -4.07. The first-order valence-corrected chi connectivity index (χ1v) is 11.9. The number of benzene rings is 2. The number of rotatable bonds is 6. The Kier molecular flexibility index (Phi) is 6.26. The number of ether oxygens (including phenoxy) is 1. The predicted molar refractivity (Wildman–Crippen MR) is 131 cm³/mol. The van der Waals surface area contributed by atoms with Crippen LogP contribution in [0.1, 0.15) is 59.1 Å². The summed E-state index contributed by atoms with van der Waals surface area (Å²) in [5.41, 5.74) is 5.23. The number of aromatic nitrogens is 1. The van der Waals surface area contributed by atoms with E-state index in [0.29, 0.717) is 64.0 Å². The van der Waals surface area contributed by atoms with Crippen LogP contribution < -0.4 is 5.32 Å². The summed E-state index contributed by atoms with van der Waals surface area (Å²) in [6.45, 7) is 2.02. The van der Waals surface area contributed by atoms with Gasteiger partial charge in [-0.2, -0.15) is 0 Å². The van der Waals surface area contributed by atoms with Crippen LogP contribution >= 0.6 is 0 Å². The summed E-state index contributed by atoms with van der Waals surface area (Å²) in [6.07, 6.45) is 4.04. The summed E-state index contributed by atoms with van der Waals surface area (Å²) < 4.78 is 32.4. The minimum absolute atomic E-state index is 0.0271. The number of esters is 1. The molecule has 1 aliphatic carbocycles. The minimum Gasteiger partial charge on any atom is -0.466 e. The molecule has 5 rings (SSSR count). The van der Waals surface area contributed by atoms with Crippen LogP contribution in [0, 0.1) is 11.6 Å². The summed E-state index contributed by atoms with van der Waals surface area (Å²) in [5, 5.41) is 2.81. The second-order valence-electron chi connectivity index (χ2n) is 8.88. The fraction of sp³-hybridized carbons (Fsp3) is 0.250. The van der Waals surface area contributed by atoms with E-state index in [2.05, 4.69) is 10.3 Å². The summed E-state index contributed by atoms with van der Waals surface area (Å²) in [6, 6.07) is 8.37. The molecular formula is C28H24F2N2O4. The molecule has 0 saturated heterocycles. The number of H-pyrrole nitrogens is 1. The van der Waals surface area contributed by atoms with Crippen LogP contribution in [0.4, 0.5) is 14.5 Å². The molecule has 184 valence electrons. The molecule has 0 unspecified atom stereocenters. The van der Waals surface area contributed by atoms with Crippen molar-refractivity contribution in [1.29, 1.82) is 0 Å². The molecule has 2 N–H and O–H groups in total. The zero-order chi connectivity index (χ0) is 25.4.